The fourth-order valence-electron chi connectivity index (χ4n) is 4.57. The van der Waals surface area contributed by atoms with E-state index in [9.17, 15) is 0 Å². The number of hydrogen-bond acceptors (Lipinski definition) is 1. The lowest BCUT2D eigenvalue weighted by atomic mass is 9.94. The summed E-state index contributed by atoms with van der Waals surface area (Å²) in [5.74, 6) is 0. The van der Waals surface area contributed by atoms with E-state index in [2.05, 4.69) is 90.8 Å². The number of aryl methyl sites for hydroxylation is 1. The number of aromatic amines is 1. The molecule has 0 fully saturated rings. The summed E-state index contributed by atoms with van der Waals surface area (Å²) < 4.78 is 0. The van der Waals surface area contributed by atoms with Crippen LogP contribution >= 0.6 is 0 Å². The van der Waals surface area contributed by atoms with Crippen LogP contribution in [0, 0.1) is 6.92 Å². The van der Waals surface area contributed by atoms with Crippen LogP contribution in [-0.4, -0.2) is 11.0 Å². The molecule has 3 aromatic rings. The second kappa shape index (κ2) is 6.82. The van der Waals surface area contributed by atoms with E-state index < -0.39 is 0 Å². The highest BCUT2D eigenvalue weighted by molar-refractivity contribution is 5.95. The van der Waals surface area contributed by atoms with Gasteiger partial charge in [0.2, 0.25) is 0 Å². The number of nitrogens with zero attached hydrogens (tertiary/aromatic N) is 1. The molecular formula is C27H24N2. The molecule has 2 heterocycles. The fraction of sp³-hybridized carbons (Fsp3) is 0.111. The van der Waals surface area contributed by atoms with Gasteiger partial charge >= 0.3 is 0 Å². The summed E-state index contributed by atoms with van der Waals surface area (Å²) >= 11 is 0. The summed E-state index contributed by atoms with van der Waals surface area (Å²) in [4.78, 5) is 6.03. The molecule has 5 rings (SSSR count). The Hall–Kier alpha value is -3.52. The number of rotatable bonds is 4. The molecule has 142 valence electrons. The topological polar surface area (TPSA) is 19.0 Å². The molecule has 0 saturated heterocycles. The predicted octanol–water partition coefficient (Wildman–Crippen LogP) is 5.06. The molecule has 2 heteroatoms. The summed E-state index contributed by atoms with van der Waals surface area (Å²) in [5.41, 5.74) is 7.48. The molecule has 2 aliphatic rings. The number of benzene rings is 2. The van der Waals surface area contributed by atoms with Crippen molar-refractivity contribution >= 4 is 40.4 Å². The summed E-state index contributed by atoms with van der Waals surface area (Å²) in [7, 11) is 0. The fourth-order valence-corrected chi connectivity index (χ4v) is 4.57. The van der Waals surface area contributed by atoms with Gasteiger partial charge in [-0.05, 0) is 59.9 Å². The number of H-pyrrole nitrogens is 1. The largest absolute Gasteiger partial charge is 0.355 e. The van der Waals surface area contributed by atoms with Crippen molar-refractivity contribution in [2.75, 3.05) is 4.90 Å². The van der Waals surface area contributed by atoms with E-state index in [0.29, 0.717) is 6.04 Å². The number of hydrogen-bond donors (Lipinski definition) is 1. The Bertz CT molecular complexity index is 1310. The SMILES string of the molecule is C=C/C=C\c1c(C)ccc2[nH]c3c(c12)=C1C=CN(c2ccc(C=C)cc2)C1CC=3. The van der Waals surface area contributed by atoms with E-state index in [4.69, 9.17) is 0 Å². The molecule has 1 unspecified atom stereocenters. The van der Waals surface area contributed by atoms with Gasteiger partial charge in [0, 0.05) is 33.4 Å². The van der Waals surface area contributed by atoms with Crippen molar-refractivity contribution in [3.8, 4) is 0 Å². The van der Waals surface area contributed by atoms with E-state index in [0.717, 1.165) is 12.0 Å². The van der Waals surface area contributed by atoms with Crippen LogP contribution in [0.2, 0.25) is 0 Å². The van der Waals surface area contributed by atoms with E-state index in [1.165, 1.54) is 43.9 Å². The van der Waals surface area contributed by atoms with Crippen molar-refractivity contribution in [2.24, 2.45) is 0 Å². The zero-order valence-corrected chi connectivity index (χ0v) is 16.7. The van der Waals surface area contributed by atoms with Gasteiger partial charge in [-0.1, -0.05) is 61.7 Å². The first-order chi connectivity index (χ1) is 14.2. The lowest BCUT2D eigenvalue weighted by Crippen LogP contribution is -2.38. The molecule has 0 radical (unpaired) electrons. The normalized spacial score (nSPS) is 17.5. The van der Waals surface area contributed by atoms with Crippen molar-refractivity contribution in [3.63, 3.8) is 0 Å². The first-order valence-electron chi connectivity index (χ1n) is 10.0. The molecule has 2 nitrogen and oxygen atoms in total. The van der Waals surface area contributed by atoms with Crippen molar-refractivity contribution in [2.45, 2.75) is 19.4 Å². The van der Waals surface area contributed by atoms with Gasteiger partial charge < -0.3 is 9.88 Å². The van der Waals surface area contributed by atoms with Crippen LogP contribution in [0.1, 0.15) is 23.1 Å². The van der Waals surface area contributed by atoms with Crippen LogP contribution in [0.4, 0.5) is 5.69 Å². The van der Waals surface area contributed by atoms with Gasteiger partial charge in [0.15, 0.2) is 0 Å². The average molecular weight is 377 g/mol. The first kappa shape index (κ1) is 17.6. The molecule has 0 amide bonds. The summed E-state index contributed by atoms with van der Waals surface area (Å²) in [6.45, 7) is 9.87. The Morgan fingerprint density at radius 1 is 1.10 bits per heavy atom. The van der Waals surface area contributed by atoms with E-state index >= 15 is 0 Å². The van der Waals surface area contributed by atoms with Gasteiger partial charge in [0.1, 0.15) is 0 Å². The van der Waals surface area contributed by atoms with Crippen molar-refractivity contribution < 1.29 is 0 Å². The Labute approximate surface area is 171 Å². The molecule has 1 atom stereocenters. The molecule has 1 aromatic heterocycles. The van der Waals surface area contributed by atoms with Crippen LogP contribution in [0.15, 0.2) is 74.0 Å². The van der Waals surface area contributed by atoms with Crippen LogP contribution in [0.25, 0.3) is 34.7 Å². The van der Waals surface area contributed by atoms with Crippen LogP contribution in [0.5, 0.6) is 0 Å². The first-order valence-corrected chi connectivity index (χ1v) is 10.0. The molecule has 1 N–H and O–H groups in total. The van der Waals surface area contributed by atoms with Crippen LogP contribution in [-0.2, 0) is 0 Å². The maximum absolute atomic E-state index is 3.86. The third-order valence-electron chi connectivity index (χ3n) is 6.02. The van der Waals surface area contributed by atoms with E-state index in [1.54, 1.807) is 0 Å². The highest BCUT2D eigenvalue weighted by Crippen LogP contribution is 2.32. The van der Waals surface area contributed by atoms with Gasteiger partial charge in [-0.2, -0.15) is 0 Å². The molecular weight excluding hydrogens is 352 g/mol. The summed E-state index contributed by atoms with van der Waals surface area (Å²) in [5, 5.41) is 3.88. The highest BCUT2D eigenvalue weighted by atomic mass is 15.2. The summed E-state index contributed by atoms with van der Waals surface area (Å²) in [6, 6.07) is 13.3. The second-order valence-electron chi connectivity index (χ2n) is 7.66. The Kier molecular flexibility index (Phi) is 4.13. The molecule has 1 aliphatic carbocycles. The highest BCUT2D eigenvalue weighted by Gasteiger charge is 2.28. The van der Waals surface area contributed by atoms with E-state index in [1.807, 2.05) is 18.2 Å². The Balaban J connectivity index is 1.72. The molecule has 29 heavy (non-hydrogen) atoms. The number of aromatic nitrogens is 1. The Morgan fingerprint density at radius 2 is 1.93 bits per heavy atom. The van der Waals surface area contributed by atoms with Crippen LogP contribution in [0.3, 0.4) is 0 Å². The predicted molar refractivity (Wildman–Crippen MR) is 126 cm³/mol. The number of anilines is 1. The number of allylic oxidation sites excluding steroid dienone is 2. The Morgan fingerprint density at radius 3 is 2.69 bits per heavy atom. The zero-order valence-electron chi connectivity index (χ0n) is 16.7. The van der Waals surface area contributed by atoms with Crippen molar-refractivity contribution in [3.05, 3.63) is 101 Å². The quantitative estimate of drug-likeness (QED) is 0.631. The van der Waals surface area contributed by atoms with Gasteiger partial charge in [-0.25, -0.2) is 0 Å². The van der Waals surface area contributed by atoms with Gasteiger partial charge in [0.25, 0.3) is 0 Å². The minimum absolute atomic E-state index is 0.327. The maximum Gasteiger partial charge on any atom is 0.0628 e. The van der Waals surface area contributed by atoms with Crippen molar-refractivity contribution in [1.82, 2.24) is 4.98 Å². The molecule has 0 saturated carbocycles. The minimum Gasteiger partial charge on any atom is -0.355 e. The smallest absolute Gasteiger partial charge is 0.0628 e. The second-order valence-corrected chi connectivity index (χ2v) is 7.66. The third-order valence-corrected chi connectivity index (χ3v) is 6.02. The van der Waals surface area contributed by atoms with Crippen molar-refractivity contribution in [1.29, 1.82) is 0 Å². The number of fused-ring (bicyclic) bond motifs is 4. The molecule has 2 aromatic carbocycles. The zero-order chi connectivity index (χ0) is 20.0. The molecule has 0 bridgehead atoms. The van der Waals surface area contributed by atoms with Gasteiger partial charge in [-0.15, -0.1) is 0 Å². The monoisotopic (exact) mass is 376 g/mol. The van der Waals surface area contributed by atoms with Gasteiger partial charge in [0.05, 0.1) is 6.04 Å². The molecule has 1 aliphatic heterocycles. The van der Waals surface area contributed by atoms with E-state index in [-0.39, 0.29) is 0 Å². The minimum atomic E-state index is 0.327. The lowest BCUT2D eigenvalue weighted by Gasteiger charge is -2.27. The average Bonchev–Trinajstić information content (AvgIpc) is 3.34. The molecule has 0 spiro atoms. The lowest BCUT2D eigenvalue weighted by molar-refractivity contribution is 0.836. The number of nitrogens with one attached hydrogen (secondary N) is 1. The van der Waals surface area contributed by atoms with Crippen LogP contribution < -0.4 is 15.5 Å². The standard InChI is InChI=1S/C27H24N2/c1-4-6-7-21-18(3)8-13-23-26(21)27-22-16-17-29(25(22)15-14-24(27)28-23)20-11-9-19(5-2)10-12-20/h4-14,16-17,25,28H,1-2,15H2,3H3/b7-6-. The maximum atomic E-state index is 3.86. The summed E-state index contributed by atoms with van der Waals surface area (Å²) in [6.07, 6.45) is 15.8. The third kappa shape index (κ3) is 2.72. The van der Waals surface area contributed by atoms with Gasteiger partial charge in [-0.3, -0.25) is 0 Å².